The lowest BCUT2D eigenvalue weighted by molar-refractivity contribution is -0.126. The van der Waals surface area contributed by atoms with Crippen LogP contribution in [0.1, 0.15) is 37.0 Å². The van der Waals surface area contributed by atoms with Gasteiger partial charge in [-0.1, -0.05) is 24.2 Å². The number of nitrogens with one attached hydrogen (secondary N) is 1. The molecule has 0 spiro atoms. The highest BCUT2D eigenvalue weighted by Gasteiger charge is 2.15. The van der Waals surface area contributed by atoms with Crippen molar-refractivity contribution in [2.45, 2.75) is 39.8 Å². The number of amides is 1. The number of nitrogens with zero attached hydrogens (tertiary/aromatic N) is 3. The van der Waals surface area contributed by atoms with E-state index in [1.165, 1.54) is 18.5 Å². The summed E-state index contributed by atoms with van der Waals surface area (Å²) in [4.78, 5) is 18.3. The van der Waals surface area contributed by atoms with Gasteiger partial charge in [0, 0.05) is 25.3 Å². The lowest BCUT2D eigenvalue weighted by Crippen LogP contribution is -2.32. The standard InChI is InChI=1S/C19H26N4O3/c1-14-7-9-23(10-8-14)17-5-3-16(4-6-17)11-20-18(24)12-25-13-19-21-15(2)22-26-19/h3-6,14H,7-13H2,1-2H3,(H,20,24). The molecule has 2 aromatic rings. The Balaban J connectivity index is 1.38. The van der Waals surface area contributed by atoms with E-state index in [1.807, 2.05) is 0 Å². The van der Waals surface area contributed by atoms with Gasteiger partial charge in [-0.2, -0.15) is 4.98 Å². The maximum atomic E-state index is 11.8. The fraction of sp³-hybridized carbons (Fsp3) is 0.526. The summed E-state index contributed by atoms with van der Waals surface area (Å²) < 4.78 is 10.2. The second kappa shape index (κ2) is 8.80. The van der Waals surface area contributed by atoms with Crippen molar-refractivity contribution in [2.24, 2.45) is 5.92 Å². The number of rotatable bonds is 7. The van der Waals surface area contributed by atoms with Crippen molar-refractivity contribution in [3.63, 3.8) is 0 Å². The fourth-order valence-electron chi connectivity index (χ4n) is 2.97. The van der Waals surface area contributed by atoms with Crippen molar-refractivity contribution in [3.8, 4) is 0 Å². The van der Waals surface area contributed by atoms with Gasteiger partial charge in [0.2, 0.25) is 5.91 Å². The monoisotopic (exact) mass is 358 g/mol. The van der Waals surface area contributed by atoms with E-state index in [9.17, 15) is 4.79 Å². The van der Waals surface area contributed by atoms with Crippen molar-refractivity contribution in [1.29, 1.82) is 0 Å². The third-order valence-electron chi connectivity index (χ3n) is 4.60. The van der Waals surface area contributed by atoms with Crippen LogP contribution in [0, 0.1) is 12.8 Å². The van der Waals surface area contributed by atoms with E-state index in [-0.39, 0.29) is 19.1 Å². The number of anilines is 1. The van der Waals surface area contributed by atoms with E-state index >= 15 is 0 Å². The van der Waals surface area contributed by atoms with Crippen molar-refractivity contribution in [1.82, 2.24) is 15.5 Å². The van der Waals surface area contributed by atoms with Gasteiger partial charge in [-0.15, -0.1) is 0 Å². The highest BCUT2D eigenvalue weighted by molar-refractivity contribution is 5.77. The Labute approximate surface area is 153 Å². The van der Waals surface area contributed by atoms with Gasteiger partial charge < -0.3 is 19.5 Å². The van der Waals surface area contributed by atoms with Crippen LogP contribution in [0.3, 0.4) is 0 Å². The fourth-order valence-corrected chi connectivity index (χ4v) is 2.97. The van der Waals surface area contributed by atoms with Crippen LogP contribution >= 0.6 is 0 Å². The second-order valence-electron chi connectivity index (χ2n) is 6.84. The van der Waals surface area contributed by atoms with Crippen LogP contribution < -0.4 is 10.2 Å². The Kier molecular flexibility index (Phi) is 6.22. The molecule has 1 aliphatic rings. The predicted molar refractivity (Wildman–Crippen MR) is 97.6 cm³/mol. The summed E-state index contributed by atoms with van der Waals surface area (Å²) in [5.74, 6) is 1.58. The zero-order valence-electron chi connectivity index (χ0n) is 15.4. The van der Waals surface area contributed by atoms with Crippen molar-refractivity contribution < 1.29 is 14.1 Å². The van der Waals surface area contributed by atoms with Gasteiger partial charge in [-0.25, -0.2) is 0 Å². The van der Waals surface area contributed by atoms with Crippen molar-refractivity contribution >= 4 is 11.6 Å². The zero-order valence-corrected chi connectivity index (χ0v) is 15.4. The molecule has 1 fully saturated rings. The zero-order chi connectivity index (χ0) is 18.4. The lowest BCUT2D eigenvalue weighted by Gasteiger charge is -2.32. The molecule has 3 rings (SSSR count). The Hall–Kier alpha value is -2.41. The van der Waals surface area contributed by atoms with Gasteiger partial charge in [0.25, 0.3) is 5.89 Å². The normalized spacial score (nSPS) is 15.2. The third-order valence-corrected chi connectivity index (χ3v) is 4.60. The average molecular weight is 358 g/mol. The molecule has 1 N–H and O–H groups in total. The predicted octanol–water partition coefficient (Wildman–Crippen LogP) is 2.45. The van der Waals surface area contributed by atoms with E-state index in [1.54, 1.807) is 6.92 Å². The summed E-state index contributed by atoms with van der Waals surface area (Å²) >= 11 is 0. The maximum Gasteiger partial charge on any atom is 0.252 e. The first-order valence-electron chi connectivity index (χ1n) is 9.07. The number of ether oxygens (including phenoxy) is 1. The molecule has 0 atom stereocenters. The molecule has 140 valence electrons. The molecule has 1 saturated heterocycles. The van der Waals surface area contributed by atoms with Gasteiger partial charge in [0.05, 0.1) is 0 Å². The molecule has 1 amide bonds. The average Bonchev–Trinajstić information content (AvgIpc) is 3.06. The molecule has 1 aromatic heterocycles. The minimum Gasteiger partial charge on any atom is -0.372 e. The molecule has 0 aliphatic carbocycles. The molecule has 0 saturated carbocycles. The van der Waals surface area contributed by atoms with Crippen LogP contribution in [-0.2, 0) is 22.7 Å². The summed E-state index contributed by atoms with van der Waals surface area (Å²) in [6.45, 7) is 6.87. The summed E-state index contributed by atoms with van der Waals surface area (Å²) in [5, 5.41) is 6.52. The molecule has 1 aromatic carbocycles. The Morgan fingerprint density at radius 1 is 1.31 bits per heavy atom. The Morgan fingerprint density at radius 3 is 2.69 bits per heavy atom. The maximum absolute atomic E-state index is 11.8. The van der Waals surface area contributed by atoms with E-state index in [4.69, 9.17) is 9.26 Å². The van der Waals surface area contributed by atoms with Gasteiger partial charge >= 0.3 is 0 Å². The highest BCUT2D eigenvalue weighted by atomic mass is 16.5. The molecule has 0 bridgehead atoms. The SMILES string of the molecule is Cc1noc(COCC(=O)NCc2ccc(N3CCC(C)CC3)cc2)n1. The number of carbonyl (C=O) groups is 1. The van der Waals surface area contributed by atoms with Crippen LogP contribution in [0.5, 0.6) is 0 Å². The first-order chi connectivity index (χ1) is 12.6. The van der Waals surface area contributed by atoms with E-state index in [0.29, 0.717) is 18.3 Å². The Bertz CT molecular complexity index is 706. The van der Waals surface area contributed by atoms with E-state index in [0.717, 1.165) is 24.6 Å². The summed E-state index contributed by atoms with van der Waals surface area (Å²) in [6.07, 6.45) is 2.50. The molecular weight excluding hydrogens is 332 g/mol. The smallest absolute Gasteiger partial charge is 0.252 e. The van der Waals surface area contributed by atoms with Gasteiger partial charge in [-0.3, -0.25) is 4.79 Å². The minimum absolute atomic E-state index is 0.0362. The second-order valence-corrected chi connectivity index (χ2v) is 6.84. The number of benzene rings is 1. The molecule has 7 heteroatoms. The number of carbonyl (C=O) groups excluding carboxylic acids is 1. The van der Waals surface area contributed by atoms with Gasteiger partial charge in [-0.05, 0) is 43.4 Å². The number of hydrogen-bond donors (Lipinski definition) is 1. The lowest BCUT2D eigenvalue weighted by atomic mass is 9.99. The van der Waals surface area contributed by atoms with Crippen LogP contribution in [-0.4, -0.2) is 35.7 Å². The van der Waals surface area contributed by atoms with Crippen LogP contribution in [0.2, 0.25) is 0 Å². The first-order valence-corrected chi connectivity index (χ1v) is 9.07. The number of piperidine rings is 1. The number of aryl methyl sites for hydroxylation is 1. The van der Waals surface area contributed by atoms with Gasteiger partial charge in [0.15, 0.2) is 5.82 Å². The largest absolute Gasteiger partial charge is 0.372 e. The Morgan fingerprint density at radius 2 is 2.04 bits per heavy atom. The molecule has 7 nitrogen and oxygen atoms in total. The highest BCUT2D eigenvalue weighted by Crippen LogP contribution is 2.23. The van der Waals surface area contributed by atoms with Crippen LogP contribution in [0.4, 0.5) is 5.69 Å². The van der Waals surface area contributed by atoms with E-state index < -0.39 is 0 Å². The van der Waals surface area contributed by atoms with Crippen molar-refractivity contribution in [3.05, 3.63) is 41.5 Å². The third kappa shape index (κ3) is 5.29. The molecule has 2 heterocycles. The molecule has 0 unspecified atom stereocenters. The summed E-state index contributed by atoms with van der Waals surface area (Å²) in [7, 11) is 0. The topological polar surface area (TPSA) is 80.5 Å². The van der Waals surface area contributed by atoms with Gasteiger partial charge in [0.1, 0.15) is 13.2 Å². The summed E-state index contributed by atoms with van der Waals surface area (Å²) in [5.41, 5.74) is 2.32. The summed E-state index contributed by atoms with van der Waals surface area (Å²) in [6, 6.07) is 8.39. The minimum atomic E-state index is -0.171. The van der Waals surface area contributed by atoms with Crippen LogP contribution in [0.15, 0.2) is 28.8 Å². The quantitative estimate of drug-likeness (QED) is 0.819. The van der Waals surface area contributed by atoms with Crippen LogP contribution in [0.25, 0.3) is 0 Å². The van der Waals surface area contributed by atoms with E-state index in [2.05, 4.69) is 51.5 Å². The number of hydrogen-bond acceptors (Lipinski definition) is 6. The first kappa shape index (κ1) is 18.4. The molecule has 26 heavy (non-hydrogen) atoms. The molecule has 0 radical (unpaired) electrons. The molecule has 1 aliphatic heterocycles. The number of aromatic nitrogens is 2. The van der Waals surface area contributed by atoms with Crippen molar-refractivity contribution in [2.75, 3.05) is 24.6 Å². The molecular formula is C19H26N4O3.